The number of hydrogen-bond donors (Lipinski definition) is 1. The molecule has 1 aromatic rings. The standard InChI is InChI=1S/C14H25BrN4S.HI/c1-16-14(17-7-5-6-8-20-4)19(3)11-13-9-12(15)10-18(13)2;/h9-10H,5-8,11H2,1-4H3,(H,16,17);1H. The van der Waals surface area contributed by atoms with Gasteiger partial charge in [0.25, 0.3) is 0 Å². The van der Waals surface area contributed by atoms with Gasteiger partial charge in [-0.1, -0.05) is 0 Å². The van der Waals surface area contributed by atoms with Gasteiger partial charge in [0.1, 0.15) is 0 Å². The number of aryl methyl sites for hydroxylation is 1. The van der Waals surface area contributed by atoms with Crippen molar-refractivity contribution < 1.29 is 0 Å². The maximum absolute atomic E-state index is 4.34. The normalized spacial score (nSPS) is 11.2. The van der Waals surface area contributed by atoms with Crippen molar-refractivity contribution in [1.82, 2.24) is 14.8 Å². The Balaban J connectivity index is 0.00000400. The summed E-state index contributed by atoms with van der Waals surface area (Å²) >= 11 is 5.41. The number of nitrogens with zero attached hydrogens (tertiary/aromatic N) is 3. The largest absolute Gasteiger partial charge is 0.356 e. The number of guanidine groups is 1. The molecule has 0 aliphatic carbocycles. The summed E-state index contributed by atoms with van der Waals surface area (Å²) in [6.45, 7) is 1.82. The van der Waals surface area contributed by atoms with Crippen molar-refractivity contribution in [1.29, 1.82) is 0 Å². The number of nitrogens with one attached hydrogen (secondary N) is 1. The van der Waals surface area contributed by atoms with Crippen molar-refractivity contribution in [2.45, 2.75) is 19.4 Å². The fourth-order valence-corrected chi connectivity index (χ4v) is 3.06. The minimum atomic E-state index is 0. The van der Waals surface area contributed by atoms with Crippen LogP contribution in [0.15, 0.2) is 21.7 Å². The molecular formula is C14H26BrIN4S. The van der Waals surface area contributed by atoms with Crippen LogP contribution in [-0.4, -0.2) is 48.1 Å². The summed E-state index contributed by atoms with van der Waals surface area (Å²) in [6, 6.07) is 2.14. The summed E-state index contributed by atoms with van der Waals surface area (Å²) < 4.78 is 3.25. The van der Waals surface area contributed by atoms with Crippen molar-refractivity contribution in [3.8, 4) is 0 Å². The van der Waals surface area contributed by atoms with E-state index in [-0.39, 0.29) is 24.0 Å². The van der Waals surface area contributed by atoms with Crippen LogP contribution in [0.4, 0.5) is 0 Å². The van der Waals surface area contributed by atoms with E-state index in [9.17, 15) is 0 Å². The molecule has 1 heterocycles. The lowest BCUT2D eigenvalue weighted by molar-refractivity contribution is 0.461. The van der Waals surface area contributed by atoms with Crippen LogP contribution in [0.5, 0.6) is 0 Å². The fourth-order valence-electron chi connectivity index (χ4n) is 2.00. The summed E-state index contributed by atoms with van der Waals surface area (Å²) in [4.78, 5) is 6.49. The van der Waals surface area contributed by atoms with E-state index >= 15 is 0 Å². The molecule has 0 unspecified atom stereocenters. The molecule has 7 heteroatoms. The van der Waals surface area contributed by atoms with Crippen molar-refractivity contribution >= 4 is 57.6 Å². The highest BCUT2D eigenvalue weighted by atomic mass is 127. The molecule has 0 amide bonds. The molecule has 21 heavy (non-hydrogen) atoms. The highest BCUT2D eigenvalue weighted by Gasteiger charge is 2.09. The Bertz CT molecular complexity index is 437. The fraction of sp³-hybridized carbons (Fsp3) is 0.643. The Morgan fingerprint density at radius 3 is 2.71 bits per heavy atom. The molecule has 1 N–H and O–H groups in total. The molecule has 0 aliphatic heterocycles. The quantitative estimate of drug-likeness (QED) is 0.275. The smallest absolute Gasteiger partial charge is 0.193 e. The average molecular weight is 489 g/mol. The van der Waals surface area contributed by atoms with E-state index in [2.05, 4.69) is 68.3 Å². The van der Waals surface area contributed by atoms with Crippen LogP contribution in [0.25, 0.3) is 0 Å². The number of aliphatic imine (C=N–C) groups is 1. The van der Waals surface area contributed by atoms with Crippen LogP contribution in [0, 0.1) is 0 Å². The zero-order valence-corrected chi connectivity index (χ0v) is 18.0. The molecule has 4 nitrogen and oxygen atoms in total. The summed E-state index contributed by atoms with van der Waals surface area (Å²) in [6.07, 6.45) is 6.66. The number of unbranched alkanes of at least 4 members (excludes halogenated alkanes) is 1. The number of hydrogen-bond acceptors (Lipinski definition) is 2. The van der Waals surface area contributed by atoms with Crippen LogP contribution in [0.3, 0.4) is 0 Å². The second-order valence-corrected chi connectivity index (χ2v) is 6.69. The van der Waals surface area contributed by atoms with Gasteiger partial charge in [0.15, 0.2) is 5.96 Å². The summed E-state index contributed by atoms with van der Waals surface area (Å²) in [5, 5.41) is 3.42. The monoisotopic (exact) mass is 488 g/mol. The van der Waals surface area contributed by atoms with Crippen molar-refractivity contribution in [3.05, 3.63) is 22.4 Å². The minimum Gasteiger partial charge on any atom is -0.356 e. The molecule has 0 aromatic carbocycles. The van der Waals surface area contributed by atoms with Gasteiger partial charge in [-0.25, -0.2) is 0 Å². The number of rotatable bonds is 7. The Kier molecular flexibility index (Phi) is 11.7. The van der Waals surface area contributed by atoms with E-state index in [0.717, 1.165) is 23.5 Å². The SMILES string of the molecule is CN=C(NCCCCSC)N(C)Cc1cc(Br)cn1C.I. The van der Waals surface area contributed by atoms with Gasteiger partial charge in [-0.05, 0) is 46.8 Å². The lowest BCUT2D eigenvalue weighted by Gasteiger charge is -2.22. The zero-order chi connectivity index (χ0) is 15.0. The second-order valence-electron chi connectivity index (χ2n) is 4.79. The Morgan fingerprint density at radius 1 is 1.48 bits per heavy atom. The number of thioether (sulfide) groups is 1. The highest BCUT2D eigenvalue weighted by molar-refractivity contribution is 14.0. The first kappa shape index (κ1) is 21.1. The molecule has 0 atom stereocenters. The molecule has 0 fully saturated rings. The molecule has 0 bridgehead atoms. The predicted molar refractivity (Wildman–Crippen MR) is 109 cm³/mol. The molecule has 0 spiro atoms. The second kappa shape index (κ2) is 11.6. The Morgan fingerprint density at radius 2 is 2.19 bits per heavy atom. The molecule has 122 valence electrons. The van der Waals surface area contributed by atoms with Crippen molar-refractivity contribution in [2.24, 2.45) is 12.0 Å². The van der Waals surface area contributed by atoms with E-state index in [4.69, 9.17) is 0 Å². The molecule has 0 saturated heterocycles. The van der Waals surface area contributed by atoms with Crippen molar-refractivity contribution in [3.63, 3.8) is 0 Å². The summed E-state index contributed by atoms with van der Waals surface area (Å²) in [5.41, 5.74) is 1.25. The molecular weight excluding hydrogens is 463 g/mol. The molecule has 1 aromatic heterocycles. The van der Waals surface area contributed by atoms with E-state index in [1.807, 2.05) is 18.8 Å². The van der Waals surface area contributed by atoms with Crippen LogP contribution in [0.1, 0.15) is 18.5 Å². The van der Waals surface area contributed by atoms with Gasteiger partial charge in [0.05, 0.1) is 6.54 Å². The number of aromatic nitrogens is 1. The van der Waals surface area contributed by atoms with Gasteiger partial charge in [-0.2, -0.15) is 11.8 Å². The van der Waals surface area contributed by atoms with E-state index < -0.39 is 0 Å². The van der Waals surface area contributed by atoms with E-state index in [1.165, 1.54) is 24.3 Å². The molecule has 0 radical (unpaired) electrons. The molecule has 1 rings (SSSR count). The van der Waals surface area contributed by atoms with Crippen LogP contribution >= 0.6 is 51.7 Å². The maximum Gasteiger partial charge on any atom is 0.193 e. The third-order valence-electron chi connectivity index (χ3n) is 3.11. The van der Waals surface area contributed by atoms with Crippen LogP contribution in [0.2, 0.25) is 0 Å². The van der Waals surface area contributed by atoms with Gasteiger partial charge in [0, 0.05) is 44.1 Å². The van der Waals surface area contributed by atoms with Crippen LogP contribution in [-0.2, 0) is 13.6 Å². The van der Waals surface area contributed by atoms with E-state index in [0.29, 0.717) is 0 Å². The maximum atomic E-state index is 4.34. The first-order chi connectivity index (χ1) is 9.58. The Hall–Kier alpha value is 0.110. The number of halogens is 2. The first-order valence-electron chi connectivity index (χ1n) is 6.80. The average Bonchev–Trinajstić information content (AvgIpc) is 2.72. The zero-order valence-electron chi connectivity index (χ0n) is 13.2. The molecule has 0 aliphatic rings. The lowest BCUT2D eigenvalue weighted by atomic mass is 10.3. The van der Waals surface area contributed by atoms with Gasteiger partial charge in [-0.3, -0.25) is 4.99 Å². The third kappa shape index (κ3) is 7.78. The lowest BCUT2D eigenvalue weighted by Crippen LogP contribution is -2.39. The Labute approximate surface area is 158 Å². The van der Waals surface area contributed by atoms with E-state index in [1.54, 1.807) is 0 Å². The van der Waals surface area contributed by atoms with Gasteiger partial charge >= 0.3 is 0 Å². The summed E-state index contributed by atoms with van der Waals surface area (Å²) in [7, 11) is 5.96. The van der Waals surface area contributed by atoms with Gasteiger partial charge < -0.3 is 14.8 Å². The topological polar surface area (TPSA) is 32.6 Å². The first-order valence-corrected chi connectivity index (χ1v) is 8.98. The minimum absolute atomic E-state index is 0. The van der Waals surface area contributed by atoms with Crippen LogP contribution < -0.4 is 5.32 Å². The third-order valence-corrected chi connectivity index (χ3v) is 4.24. The predicted octanol–water partition coefficient (Wildman–Crippen LogP) is 3.56. The van der Waals surface area contributed by atoms with Gasteiger partial charge in [0.2, 0.25) is 0 Å². The summed E-state index contributed by atoms with van der Waals surface area (Å²) in [5.74, 6) is 2.18. The molecule has 0 saturated carbocycles. The van der Waals surface area contributed by atoms with Gasteiger partial charge in [-0.15, -0.1) is 24.0 Å². The van der Waals surface area contributed by atoms with Crippen molar-refractivity contribution in [2.75, 3.05) is 32.6 Å². The highest BCUT2D eigenvalue weighted by Crippen LogP contribution is 2.14.